The molecule has 0 bridgehead atoms. The molecule has 1 amide bonds. The number of aromatic nitrogens is 1. The molecule has 1 unspecified atom stereocenters. The molecule has 100 valence electrons. The quantitative estimate of drug-likeness (QED) is 0.695. The molecular formula is C12H12N2O5. The van der Waals surface area contributed by atoms with Gasteiger partial charge in [-0.3, -0.25) is 14.4 Å². The Morgan fingerprint density at radius 1 is 1.47 bits per heavy atom. The van der Waals surface area contributed by atoms with Gasteiger partial charge in [0.25, 0.3) is 5.91 Å². The zero-order chi connectivity index (χ0) is 13.7. The van der Waals surface area contributed by atoms with Gasteiger partial charge in [0.2, 0.25) is 5.43 Å². The second-order valence-corrected chi connectivity index (χ2v) is 4.73. The molecule has 2 atom stereocenters. The first-order chi connectivity index (χ1) is 9.04. The number of hydrogen-bond acceptors (Lipinski definition) is 5. The van der Waals surface area contributed by atoms with Crippen molar-refractivity contribution in [1.82, 2.24) is 9.47 Å². The summed E-state index contributed by atoms with van der Waals surface area (Å²) in [5.74, 6) is -1.12. The molecule has 7 nitrogen and oxygen atoms in total. The van der Waals surface area contributed by atoms with E-state index in [0.29, 0.717) is 19.4 Å². The van der Waals surface area contributed by atoms with Crippen LogP contribution in [0.5, 0.6) is 5.75 Å². The molecule has 0 aliphatic carbocycles. The molecule has 1 aromatic heterocycles. The SMILES string of the molecule is C[C@H]1COC2Cn3cc(C=O)c(=O)c(O)c3C(=O)N21. The van der Waals surface area contributed by atoms with Crippen molar-refractivity contribution in [1.29, 1.82) is 0 Å². The smallest absolute Gasteiger partial charge is 0.276 e. The lowest BCUT2D eigenvalue weighted by Crippen LogP contribution is -2.48. The molecule has 2 aliphatic rings. The number of aromatic hydroxyl groups is 1. The molecule has 3 heterocycles. The van der Waals surface area contributed by atoms with Crippen molar-refractivity contribution in [3.8, 4) is 5.75 Å². The fourth-order valence-corrected chi connectivity index (χ4v) is 2.58. The Bertz CT molecular complexity index is 636. The van der Waals surface area contributed by atoms with E-state index >= 15 is 0 Å². The van der Waals surface area contributed by atoms with Gasteiger partial charge in [0.05, 0.1) is 24.8 Å². The van der Waals surface area contributed by atoms with E-state index in [0.717, 1.165) is 0 Å². The molecule has 1 saturated heterocycles. The second kappa shape index (κ2) is 3.92. The van der Waals surface area contributed by atoms with E-state index in [-0.39, 0.29) is 17.3 Å². The third-order valence-electron chi connectivity index (χ3n) is 3.52. The second-order valence-electron chi connectivity index (χ2n) is 4.73. The van der Waals surface area contributed by atoms with E-state index < -0.39 is 23.3 Å². The summed E-state index contributed by atoms with van der Waals surface area (Å²) >= 11 is 0. The van der Waals surface area contributed by atoms with Crippen molar-refractivity contribution in [2.75, 3.05) is 6.61 Å². The largest absolute Gasteiger partial charge is 0.503 e. The van der Waals surface area contributed by atoms with Crippen molar-refractivity contribution in [3.05, 3.63) is 27.7 Å². The van der Waals surface area contributed by atoms with Crippen molar-refractivity contribution in [3.63, 3.8) is 0 Å². The van der Waals surface area contributed by atoms with Crippen LogP contribution < -0.4 is 5.43 Å². The van der Waals surface area contributed by atoms with Gasteiger partial charge in [-0.2, -0.15) is 0 Å². The predicted molar refractivity (Wildman–Crippen MR) is 63.1 cm³/mol. The number of nitrogens with zero attached hydrogens (tertiary/aromatic N) is 2. The Morgan fingerprint density at radius 2 is 2.21 bits per heavy atom. The summed E-state index contributed by atoms with van der Waals surface area (Å²) < 4.78 is 6.88. The Labute approximate surface area is 108 Å². The van der Waals surface area contributed by atoms with Crippen LogP contribution in [-0.4, -0.2) is 45.6 Å². The molecule has 7 heteroatoms. The maximum absolute atomic E-state index is 12.3. The molecule has 1 aromatic rings. The molecule has 2 aliphatic heterocycles. The number of amides is 1. The van der Waals surface area contributed by atoms with Gasteiger partial charge in [-0.1, -0.05) is 0 Å². The first-order valence-electron chi connectivity index (χ1n) is 5.90. The summed E-state index contributed by atoms with van der Waals surface area (Å²) in [4.78, 5) is 36.3. The van der Waals surface area contributed by atoms with Crippen LogP contribution in [0.2, 0.25) is 0 Å². The van der Waals surface area contributed by atoms with E-state index in [2.05, 4.69) is 0 Å². The number of carbonyl (C=O) groups is 2. The molecular weight excluding hydrogens is 252 g/mol. The lowest BCUT2D eigenvalue weighted by Gasteiger charge is -2.33. The average molecular weight is 264 g/mol. The first-order valence-corrected chi connectivity index (χ1v) is 5.90. The monoisotopic (exact) mass is 264 g/mol. The molecule has 0 radical (unpaired) electrons. The zero-order valence-electron chi connectivity index (χ0n) is 10.2. The molecule has 0 spiro atoms. The van der Waals surface area contributed by atoms with Gasteiger partial charge in [-0.25, -0.2) is 0 Å². The molecule has 0 saturated carbocycles. The topological polar surface area (TPSA) is 88.8 Å². The van der Waals surface area contributed by atoms with E-state index in [1.807, 2.05) is 6.92 Å². The van der Waals surface area contributed by atoms with Crippen LogP contribution in [0.4, 0.5) is 0 Å². The number of ether oxygens (including phenoxy) is 1. The summed E-state index contributed by atoms with van der Waals surface area (Å²) in [6, 6.07) is -0.105. The lowest BCUT2D eigenvalue weighted by molar-refractivity contribution is 0.00628. The minimum absolute atomic E-state index is 0.0794. The molecule has 19 heavy (non-hydrogen) atoms. The normalized spacial score (nSPS) is 25.1. The summed E-state index contributed by atoms with van der Waals surface area (Å²) in [5.41, 5.74) is -1.07. The van der Waals surface area contributed by atoms with Crippen molar-refractivity contribution < 1.29 is 19.4 Å². The van der Waals surface area contributed by atoms with Crippen LogP contribution in [0.15, 0.2) is 11.0 Å². The number of rotatable bonds is 1. The van der Waals surface area contributed by atoms with E-state index in [1.165, 1.54) is 15.7 Å². The van der Waals surface area contributed by atoms with Crippen LogP contribution in [0.25, 0.3) is 0 Å². The summed E-state index contributed by atoms with van der Waals surface area (Å²) in [7, 11) is 0. The van der Waals surface area contributed by atoms with Gasteiger partial charge in [-0.15, -0.1) is 0 Å². The lowest BCUT2D eigenvalue weighted by atomic mass is 10.1. The van der Waals surface area contributed by atoms with Gasteiger partial charge >= 0.3 is 0 Å². The average Bonchev–Trinajstić information content (AvgIpc) is 2.75. The number of hydrogen-bond donors (Lipinski definition) is 1. The highest BCUT2D eigenvalue weighted by Gasteiger charge is 2.42. The fraction of sp³-hybridized carbons (Fsp3) is 0.417. The maximum atomic E-state index is 12.3. The Hall–Kier alpha value is -2.15. The maximum Gasteiger partial charge on any atom is 0.276 e. The van der Waals surface area contributed by atoms with E-state index in [4.69, 9.17) is 4.74 Å². The highest BCUT2D eigenvalue weighted by molar-refractivity contribution is 5.97. The Kier molecular flexibility index (Phi) is 2.46. The standard InChI is InChI=1S/C12H12N2O5/c1-6-5-19-8-3-13-2-7(4-15)10(16)11(17)9(13)12(18)14(6)8/h2,4,6,8,17H,3,5H2,1H3/t6-,8?/m0/s1. The van der Waals surface area contributed by atoms with Crippen molar-refractivity contribution >= 4 is 12.2 Å². The van der Waals surface area contributed by atoms with Crippen molar-refractivity contribution in [2.45, 2.75) is 25.7 Å². The van der Waals surface area contributed by atoms with Crippen LogP contribution >= 0.6 is 0 Å². The summed E-state index contributed by atoms with van der Waals surface area (Å²) in [6.45, 7) is 2.54. The minimum atomic E-state index is -0.819. The van der Waals surface area contributed by atoms with Crippen LogP contribution in [0.3, 0.4) is 0 Å². The van der Waals surface area contributed by atoms with Gasteiger partial charge in [-0.05, 0) is 6.92 Å². The molecule has 1 fully saturated rings. The minimum Gasteiger partial charge on any atom is -0.503 e. The number of carbonyl (C=O) groups excluding carboxylic acids is 2. The summed E-state index contributed by atoms with van der Waals surface area (Å²) in [6.07, 6.45) is 1.23. The number of aldehydes is 1. The molecule has 1 N–H and O–H groups in total. The number of fused-ring (bicyclic) bond motifs is 2. The van der Waals surface area contributed by atoms with Crippen LogP contribution in [0.1, 0.15) is 27.8 Å². The molecule has 0 aromatic carbocycles. The Morgan fingerprint density at radius 3 is 2.89 bits per heavy atom. The van der Waals surface area contributed by atoms with Crippen LogP contribution in [-0.2, 0) is 11.3 Å². The van der Waals surface area contributed by atoms with Gasteiger partial charge in [0, 0.05) is 6.20 Å². The van der Waals surface area contributed by atoms with Crippen molar-refractivity contribution in [2.24, 2.45) is 0 Å². The number of pyridine rings is 1. The third-order valence-corrected chi connectivity index (χ3v) is 3.52. The van der Waals surface area contributed by atoms with Gasteiger partial charge < -0.3 is 19.3 Å². The zero-order valence-corrected chi connectivity index (χ0v) is 10.2. The highest BCUT2D eigenvalue weighted by Crippen LogP contribution is 2.29. The molecule has 3 rings (SSSR count). The fourth-order valence-electron chi connectivity index (χ4n) is 2.58. The van der Waals surface area contributed by atoms with Gasteiger partial charge in [0.1, 0.15) is 0 Å². The predicted octanol–water partition coefficient (Wildman–Crippen LogP) is -0.433. The van der Waals surface area contributed by atoms with Crippen LogP contribution in [0, 0.1) is 0 Å². The first kappa shape index (κ1) is 11.9. The highest BCUT2D eigenvalue weighted by atomic mass is 16.5. The van der Waals surface area contributed by atoms with Gasteiger partial charge in [0.15, 0.2) is 24.0 Å². The van der Waals surface area contributed by atoms with E-state index in [9.17, 15) is 19.5 Å². The van der Waals surface area contributed by atoms with E-state index in [1.54, 1.807) is 0 Å². The Balaban J connectivity index is 2.21. The third kappa shape index (κ3) is 1.51. The summed E-state index contributed by atoms with van der Waals surface area (Å²) in [5, 5.41) is 9.85.